The van der Waals surface area contributed by atoms with Gasteiger partial charge in [0.15, 0.2) is 0 Å². The molecule has 0 aliphatic carbocycles. The van der Waals surface area contributed by atoms with Gasteiger partial charge >= 0.3 is 18.1 Å². The monoisotopic (exact) mass is 330 g/mol. The van der Waals surface area contributed by atoms with E-state index in [1.54, 1.807) is 0 Å². The predicted octanol–water partition coefficient (Wildman–Crippen LogP) is 2.06. The lowest BCUT2D eigenvalue weighted by molar-refractivity contribution is -0.175. The van der Waals surface area contributed by atoms with Crippen molar-refractivity contribution in [3.63, 3.8) is 0 Å². The maximum atomic E-state index is 12.1. The number of nitrogens with zero attached hydrogens (tertiary/aromatic N) is 1. The lowest BCUT2D eigenvalue weighted by atomic mass is 10.1. The first-order chi connectivity index (χ1) is 9.11. The Labute approximate surface area is 120 Å². The highest BCUT2D eigenvalue weighted by atomic mass is 35.5. The van der Waals surface area contributed by atoms with E-state index in [1.807, 2.05) is 0 Å². The number of hydrogen-bond acceptors (Lipinski definition) is 3. The summed E-state index contributed by atoms with van der Waals surface area (Å²) < 4.78 is 36.3. The van der Waals surface area contributed by atoms with Gasteiger partial charge < -0.3 is 10.4 Å². The van der Waals surface area contributed by atoms with E-state index >= 15 is 0 Å². The number of carboxylic acids is 1. The molecule has 0 spiro atoms. The first kappa shape index (κ1) is 16.5. The normalized spacial score (nSPS) is 12.8. The van der Waals surface area contributed by atoms with E-state index in [4.69, 9.17) is 28.3 Å². The molecule has 2 N–H and O–H groups in total. The van der Waals surface area contributed by atoms with Gasteiger partial charge in [-0.1, -0.05) is 23.2 Å². The maximum Gasteiger partial charge on any atom is 0.471 e. The van der Waals surface area contributed by atoms with Gasteiger partial charge in [-0.05, 0) is 11.6 Å². The van der Waals surface area contributed by atoms with Crippen LogP contribution in [0.5, 0.6) is 0 Å². The molecule has 0 saturated heterocycles. The van der Waals surface area contributed by atoms with Crippen LogP contribution in [-0.2, 0) is 16.0 Å². The van der Waals surface area contributed by atoms with Crippen molar-refractivity contribution >= 4 is 35.1 Å². The number of halogens is 5. The van der Waals surface area contributed by atoms with Crippen LogP contribution >= 0.6 is 23.2 Å². The van der Waals surface area contributed by atoms with Gasteiger partial charge in [0.1, 0.15) is 11.2 Å². The molecule has 10 heteroatoms. The van der Waals surface area contributed by atoms with Crippen LogP contribution in [0.1, 0.15) is 5.56 Å². The van der Waals surface area contributed by atoms with Crippen LogP contribution in [0.25, 0.3) is 0 Å². The topological polar surface area (TPSA) is 79.3 Å². The van der Waals surface area contributed by atoms with Gasteiger partial charge in [-0.3, -0.25) is 4.79 Å². The Balaban J connectivity index is 2.91. The molecule has 0 bridgehead atoms. The smallest absolute Gasteiger partial charge is 0.471 e. The molecule has 110 valence electrons. The Kier molecular flexibility index (Phi) is 5.18. The molecule has 1 heterocycles. The number of rotatable bonds is 4. The van der Waals surface area contributed by atoms with Crippen LogP contribution in [-0.4, -0.2) is 34.2 Å². The van der Waals surface area contributed by atoms with E-state index in [0.717, 1.165) is 0 Å². The summed E-state index contributed by atoms with van der Waals surface area (Å²) in [7, 11) is 0. The summed E-state index contributed by atoms with van der Waals surface area (Å²) in [5.74, 6) is -3.99. The predicted molar refractivity (Wildman–Crippen MR) is 63.6 cm³/mol. The quantitative estimate of drug-likeness (QED) is 0.828. The highest BCUT2D eigenvalue weighted by Gasteiger charge is 2.40. The first-order valence-electron chi connectivity index (χ1n) is 5.01. The summed E-state index contributed by atoms with van der Waals surface area (Å²) >= 11 is 11.3. The number of carboxylic acid groups (broad SMARTS) is 1. The van der Waals surface area contributed by atoms with Crippen molar-refractivity contribution in [3.8, 4) is 0 Å². The molecule has 1 amide bonds. The molecule has 20 heavy (non-hydrogen) atoms. The van der Waals surface area contributed by atoms with E-state index < -0.39 is 30.5 Å². The van der Waals surface area contributed by atoms with Gasteiger partial charge in [0.25, 0.3) is 0 Å². The Hall–Kier alpha value is -1.54. The molecule has 1 aromatic heterocycles. The standard InChI is InChI=1S/C10H7Cl2F3N2O3/c11-5-1-4(7(12)16-3-5)2-6(8(18)19)17-9(20)10(13,14)15/h1,3,6H,2H2,(H,17,20)(H,18,19). The van der Waals surface area contributed by atoms with Crippen molar-refractivity contribution in [1.29, 1.82) is 0 Å². The first-order valence-corrected chi connectivity index (χ1v) is 5.77. The minimum absolute atomic E-state index is 0.106. The van der Waals surface area contributed by atoms with Crippen LogP contribution in [0.4, 0.5) is 13.2 Å². The number of alkyl halides is 3. The van der Waals surface area contributed by atoms with E-state index in [9.17, 15) is 22.8 Å². The lowest BCUT2D eigenvalue weighted by Crippen LogP contribution is -2.47. The van der Waals surface area contributed by atoms with Crippen LogP contribution in [0.2, 0.25) is 10.2 Å². The summed E-state index contributed by atoms with van der Waals surface area (Å²) in [5, 5.41) is 10.2. The van der Waals surface area contributed by atoms with Crippen molar-refractivity contribution < 1.29 is 27.9 Å². The molecular formula is C10H7Cl2F3N2O3. The van der Waals surface area contributed by atoms with Crippen molar-refractivity contribution in [2.24, 2.45) is 0 Å². The van der Waals surface area contributed by atoms with Crippen LogP contribution in [0.15, 0.2) is 12.3 Å². The highest BCUT2D eigenvalue weighted by molar-refractivity contribution is 6.32. The molecule has 0 saturated carbocycles. The van der Waals surface area contributed by atoms with Gasteiger partial charge in [-0.15, -0.1) is 0 Å². The van der Waals surface area contributed by atoms with Crippen LogP contribution in [0.3, 0.4) is 0 Å². The fraction of sp³-hybridized carbons (Fsp3) is 0.300. The fourth-order valence-electron chi connectivity index (χ4n) is 1.27. The summed E-state index contributed by atoms with van der Waals surface area (Å²) in [4.78, 5) is 25.3. The minimum Gasteiger partial charge on any atom is -0.480 e. The molecule has 1 unspecified atom stereocenters. The van der Waals surface area contributed by atoms with E-state index in [0.29, 0.717) is 0 Å². The van der Waals surface area contributed by atoms with Gasteiger partial charge in [-0.25, -0.2) is 9.78 Å². The Morgan fingerprint density at radius 3 is 2.50 bits per heavy atom. The van der Waals surface area contributed by atoms with Crippen molar-refractivity contribution in [3.05, 3.63) is 28.0 Å². The average molecular weight is 331 g/mol. The zero-order valence-electron chi connectivity index (χ0n) is 9.54. The number of pyridine rings is 1. The van der Waals surface area contributed by atoms with Gasteiger partial charge in [0.05, 0.1) is 5.02 Å². The van der Waals surface area contributed by atoms with Gasteiger partial charge in [0, 0.05) is 12.6 Å². The summed E-state index contributed by atoms with van der Waals surface area (Å²) in [6.07, 6.45) is -4.47. The molecule has 0 radical (unpaired) electrons. The van der Waals surface area contributed by atoms with Crippen molar-refractivity contribution in [2.75, 3.05) is 0 Å². The second-order valence-corrected chi connectivity index (χ2v) is 4.46. The Morgan fingerprint density at radius 1 is 1.40 bits per heavy atom. The molecule has 1 rings (SSSR count). The average Bonchev–Trinajstić information content (AvgIpc) is 2.31. The van der Waals surface area contributed by atoms with E-state index in [-0.39, 0.29) is 15.7 Å². The zero-order chi connectivity index (χ0) is 15.5. The molecule has 0 fully saturated rings. The molecule has 1 aromatic rings. The number of aliphatic carboxylic acids is 1. The second-order valence-electron chi connectivity index (χ2n) is 3.67. The number of nitrogens with one attached hydrogen (secondary N) is 1. The largest absolute Gasteiger partial charge is 0.480 e. The third-order valence-electron chi connectivity index (χ3n) is 2.16. The Bertz CT molecular complexity index is 537. The molecular weight excluding hydrogens is 324 g/mol. The van der Waals surface area contributed by atoms with E-state index in [2.05, 4.69) is 4.98 Å². The number of hydrogen-bond donors (Lipinski definition) is 2. The van der Waals surface area contributed by atoms with E-state index in [1.165, 1.54) is 17.6 Å². The highest BCUT2D eigenvalue weighted by Crippen LogP contribution is 2.20. The van der Waals surface area contributed by atoms with Gasteiger partial charge in [-0.2, -0.15) is 13.2 Å². The number of aromatic nitrogens is 1. The Morgan fingerprint density at radius 2 is 2.00 bits per heavy atom. The second kappa shape index (κ2) is 6.27. The van der Waals surface area contributed by atoms with Crippen molar-refractivity contribution in [2.45, 2.75) is 18.6 Å². The number of carbonyl (C=O) groups excluding carboxylic acids is 1. The van der Waals surface area contributed by atoms with Crippen LogP contribution in [0, 0.1) is 0 Å². The molecule has 1 atom stereocenters. The SMILES string of the molecule is O=C(O)C(Cc1cc(Cl)cnc1Cl)NC(=O)C(F)(F)F. The molecule has 5 nitrogen and oxygen atoms in total. The maximum absolute atomic E-state index is 12.1. The fourth-order valence-corrected chi connectivity index (χ4v) is 1.63. The van der Waals surface area contributed by atoms with Crippen molar-refractivity contribution in [1.82, 2.24) is 10.3 Å². The minimum atomic E-state index is -5.18. The zero-order valence-corrected chi connectivity index (χ0v) is 11.1. The lowest BCUT2D eigenvalue weighted by Gasteiger charge is -2.16. The number of carbonyl (C=O) groups is 2. The molecule has 0 aliphatic heterocycles. The van der Waals surface area contributed by atoms with Gasteiger partial charge in [0.2, 0.25) is 0 Å². The van der Waals surface area contributed by atoms with Crippen LogP contribution < -0.4 is 5.32 Å². The molecule has 0 aromatic carbocycles. The summed E-state index contributed by atoms with van der Waals surface area (Å²) in [5.41, 5.74) is 0.106. The third-order valence-corrected chi connectivity index (χ3v) is 2.71. The number of amides is 1. The summed E-state index contributed by atoms with van der Waals surface area (Å²) in [6.45, 7) is 0. The molecule has 0 aliphatic rings. The third kappa shape index (κ3) is 4.53. The summed E-state index contributed by atoms with van der Waals surface area (Å²) in [6, 6.07) is -0.547.